The number of thiazole rings is 1. The highest BCUT2D eigenvalue weighted by Gasteiger charge is 2.30. The smallest absolute Gasteiger partial charge is 0.163 e. The van der Waals surface area contributed by atoms with E-state index in [2.05, 4.69) is 21.8 Å². The second-order valence-electron chi connectivity index (χ2n) is 11.1. The maximum atomic E-state index is 13.0. The molecular formula is C30H34ClN5O2S. The molecular weight excluding hydrogens is 530 g/mol. The van der Waals surface area contributed by atoms with Gasteiger partial charge >= 0.3 is 0 Å². The van der Waals surface area contributed by atoms with Crippen LogP contribution in [0.5, 0.6) is 0 Å². The fourth-order valence-corrected chi connectivity index (χ4v) is 6.11. The van der Waals surface area contributed by atoms with E-state index >= 15 is 0 Å². The second kappa shape index (κ2) is 10.9. The number of aryl methyl sites for hydroxylation is 1. The fraction of sp³-hybridized carbons (Fsp3) is 0.400. The molecule has 3 heterocycles. The summed E-state index contributed by atoms with van der Waals surface area (Å²) in [6, 6.07) is 9.76. The number of carbonyl (C=O) groups excluding carboxylic acids is 1. The lowest BCUT2D eigenvalue weighted by Crippen LogP contribution is -2.44. The van der Waals surface area contributed by atoms with Crippen LogP contribution in [0.3, 0.4) is 0 Å². The number of anilines is 1. The molecule has 0 aliphatic carbocycles. The van der Waals surface area contributed by atoms with Crippen molar-refractivity contribution >= 4 is 44.8 Å². The van der Waals surface area contributed by atoms with Crippen LogP contribution >= 0.6 is 22.9 Å². The van der Waals surface area contributed by atoms with Crippen LogP contribution in [-0.2, 0) is 9.53 Å². The zero-order valence-corrected chi connectivity index (χ0v) is 24.9. The summed E-state index contributed by atoms with van der Waals surface area (Å²) in [5.41, 5.74) is 4.80. The molecule has 1 aliphatic rings. The summed E-state index contributed by atoms with van der Waals surface area (Å²) in [6.45, 7) is 13.3. The molecule has 7 nitrogen and oxygen atoms in total. The van der Waals surface area contributed by atoms with Crippen molar-refractivity contribution in [2.24, 2.45) is 0 Å². The van der Waals surface area contributed by atoms with Crippen molar-refractivity contribution in [1.82, 2.24) is 19.9 Å². The van der Waals surface area contributed by atoms with Crippen LogP contribution in [0.1, 0.15) is 44.9 Å². The number of ketones is 1. The predicted molar refractivity (Wildman–Crippen MR) is 160 cm³/mol. The molecule has 204 valence electrons. The molecule has 0 spiro atoms. The van der Waals surface area contributed by atoms with Crippen LogP contribution in [0, 0.1) is 6.92 Å². The zero-order chi connectivity index (χ0) is 27.9. The molecule has 2 aromatic carbocycles. The van der Waals surface area contributed by atoms with E-state index in [0.29, 0.717) is 5.02 Å². The lowest BCUT2D eigenvalue weighted by molar-refractivity contribution is -0.138. The van der Waals surface area contributed by atoms with Gasteiger partial charge in [0, 0.05) is 42.3 Å². The standard InChI is InChI=1S/C30H34ClN5O2S/c1-18-15-22-28(39-29(34-22)23-16-32-17-24(33-23)36-13-11-35(6)12-14-36)26(20-7-9-21(31)10-8-20)25(18)27(19(2)37)38-30(3,4)5/h7-10,15-17,27H,11-14H2,1-6H3/t27-/m1/s1. The third-order valence-electron chi connectivity index (χ3n) is 6.83. The van der Waals surface area contributed by atoms with Crippen LogP contribution in [-0.4, -0.2) is 64.5 Å². The molecule has 1 saturated heterocycles. The highest BCUT2D eigenvalue weighted by atomic mass is 35.5. The Kier molecular flexibility index (Phi) is 7.75. The van der Waals surface area contributed by atoms with Crippen LogP contribution in [0.25, 0.3) is 32.0 Å². The summed E-state index contributed by atoms with van der Waals surface area (Å²) in [5.74, 6) is 0.822. The third-order valence-corrected chi connectivity index (χ3v) is 8.19. The van der Waals surface area contributed by atoms with Crippen molar-refractivity contribution in [2.75, 3.05) is 38.1 Å². The van der Waals surface area contributed by atoms with E-state index < -0.39 is 11.7 Å². The minimum Gasteiger partial charge on any atom is -0.360 e. The Hall–Kier alpha value is -2.91. The molecule has 0 unspecified atom stereocenters. The average molecular weight is 564 g/mol. The Morgan fingerprint density at radius 1 is 1.08 bits per heavy atom. The summed E-state index contributed by atoms with van der Waals surface area (Å²) in [4.78, 5) is 32.1. The molecule has 9 heteroatoms. The maximum Gasteiger partial charge on any atom is 0.163 e. The first-order valence-corrected chi connectivity index (χ1v) is 14.3. The Balaban J connectivity index is 1.67. The number of halogens is 1. The third kappa shape index (κ3) is 5.99. The van der Waals surface area contributed by atoms with Gasteiger partial charge in [0.05, 0.1) is 28.2 Å². The summed E-state index contributed by atoms with van der Waals surface area (Å²) in [6.07, 6.45) is 2.88. The van der Waals surface area contributed by atoms with Gasteiger partial charge in [-0.25, -0.2) is 9.97 Å². The molecule has 0 saturated carbocycles. The number of nitrogens with zero attached hydrogens (tertiary/aromatic N) is 5. The van der Waals surface area contributed by atoms with E-state index in [0.717, 1.165) is 75.2 Å². The minimum absolute atomic E-state index is 0.0435. The summed E-state index contributed by atoms with van der Waals surface area (Å²) in [5, 5.41) is 1.44. The average Bonchev–Trinajstić information content (AvgIpc) is 3.31. The van der Waals surface area contributed by atoms with Crippen LogP contribution in [0.2, 0.25) is 5.02 Å². The molecule has 0 radical (unpaired) electrons. The number of hydrogen-bond donors (Lipinski definition) is 0. The van der Waals surface area contributed by atoms with E-state index in [-0.39, 0.29) is 5.78 Å². The minimum atomic E-state index is -0.717. The van der Waals surface area contributed by atoms with Crippen molar-refractivity contribution in [2.45, 2.75) is 46.3 Å². The number of piperazine rings is 1. The second-order valence-corrected chi connectivity index (χ2v) is 12.6. The van der Waals surface area contributed by atoms with Crippen LogP contribution in [0.15, 0.2) is 42.7 Å². The van der Waals surface area contributed by atoms with Gasteiger partial charge in [0.25, 0.3) is 0 Å². The van der Waals surface area contributed by atoms with Gasteiger partial charge in [-0.05, 0) is 71.0 Å². The Bertz CT molecular complexity index is 1500. The van der Waals surface area contributed by atoms with Crippen molar-refractivity contribution in [1.29, 1.82) is 0 Å². The fourth-order valence-electron chi connectivity index (χ4n) is 4.91. The van der Waals surface area contributed by atoms with Gasteiger partial charge in [0.15, 0.2) is 5.78 Å². The molecule has 5 rings (SSSR count). The lowest BCUT2D eigenvalue weighted by atomic mass is 9.90. The van der Waals surface area contributed by atoms with Gasteiger partial charge < -0.3 is 14.5 Å². The molecule has 0 N–H and O–H groups in total. The number of Topliss-reactive ketones (excluding diaryl/α,β-unsaturated/α-hetero) is 1. The number of hydrogen-bond acceptors (Lipinski definition) is 8. The van der Waals surface area contributed by atoms with E-state index in [1.54, 1.807) is 24.5 Å². The van der Waals surface area contributed by atoms with E-state index in [4.69, 9.17) is 26.3 Å². The Morgan fingerprint density at radius 3 is 2.41 bits per heavy atom. The quantitative estimate of drug-likeness (QED) is 0.262. The highest BCUT2D eigenvalue weighted by molar-refractivity contribution is 7.22. The highest BCUT2D eigenvalue weighted by Crippen LogP contribution is 2.44. The number of likely N-dealkylation sites (N-methyl/N-ethyl adjacent to an activating group) is 1. The van der Waals surface area contributed by atoms with E-state index in [9.17, 15) is 4.79 Å². The number of benzene rings is 2. The first kappa shape index (κ1) is 27.6. The molecule has 0 bridgehead atoms. The number of aromatic nitrogens is 3. The first-order chi connectivity index (χ1) is 18.5. The van der Waals surface area contributed by atoms with Crippen molar-refractivity contribution < 1.29 is 9.53 Å². The maximum absolute atomic E-state index is 13.0. The van der Waals surface area contributed by atoms with E-state index in [1.807, 2.05) is 64.2 Å². The van der Waals surface area contributed by atoms with E-state index in [1.165, 1.54) is 0 Å². The lowest BCUT2D eigenvalue weighted by Gasteiger charge is -2.33. The van der Waals surface area contributed by atoms with Gasteiger partial charge in [-0.1, -0.05) is 23.7 Å². The van der Waals surface area contributed by atoms with Crippen molar-refractivity contribution in [3.8, 4) is 21.8 Å². The molecule has 2 aromatic heterocycles. The SMILES string of the molecule is CC(=O)[C@@H](OC(C)(C)C)c1c(C)cc2nc(-c3cncc(N4CCN(C)CC4)n3)sc2c1-c1ccc(Cl)cc1. The van der Waals surface area contributed by atoms with Crippen LogP contribution in [0.4, 0.5) is 5.82 Å². The molecule has 0 amide bonds. The molecule has 1 atom stereocenters. The van der Waals surface area contributed by atoms with Crippen molar-refractivity contribution in [3.63, 3.8) is 0 Å². The predicted octanol–water partition coefficient (Wildman–Crippen LogP) is 6.58. The first-order valence-electron chi connectivity index (χ1n) is 13.1. The number of rotatable bonds is 6. The number of fused-ring (bicyclic) bond motifs is 1. The molecule has 1 aliphatic heterocycles. The normalized spacial score (nSPS) is 15.6. The number of carbonyl (C=O) groups is 1. The summed E-state index contributed by atoms with van der Waals surface area (Å²) in [7, 11) is 2.14. The van der Waals surface area contributed by atoms with Crippen LogP contribution < -0.4 is 4.90 Å². The largest absolute Gasteiger partial charge is 0.360 e. The Labute approximate surface area is 238 Å². The monoisotopic (exact) mass is 563 g/mol. The van der Waals surface area contributed by atoms with Gasteiger partial charge in [-0.15, -0.1) is 11.3 Å². The van der Waals surface area contributed by atoms with Gasteiger partial charge in [0.1, 0.15) is 22.6 Å². The van der Waals surface area contributed by atoms with Gasteiger partial charge in [-0.3, -0.25) is 9.78 Å². The number of ether oxygens (including phenoxy) is 1. The topological polar surface area (TPSA) is 71.5 Å². The summed E-state index contributed by atoms with van der Waals surface area (Å²) < 4.78 is 7.34. The van der Waals surface area contributed by atoms with Gasteiger partial charge in [0.2, 0.25) is 0 Å². The van der Waals surface area contributed by atoms with Gasteiger partial charge in [-0.2, -0.15) is 0 Å². The zero-order valence-electron chi connectivity index (χ0n) is 23.3. The molecule has 4 aromatic rings. The molecule has 39 heavy (non-hydrogen) atoms. The van der Waals surface area contributed by atoms with Crippen molar-refractivity contribution in [3.05, 3.63) is 58.9 Å². The summed E-state index contributed by atoms with van der Waals surface area (Å²) >= 11 is 7.81. The molecule has 1 fully saturated rings. The Morgan fingerprint density at radius 2 is 1.77 bits per heavy atom.